The zero-order valence-corrected chi connectivity index (χ0v) is 22.4. The molecule has 2 heterocycles. The Kier molecular flexibility index (Phi) is 9.08. The van der Waals surface area contributed by atoms with Crippen LogP contribution in [0.15, 0.2) is 55.0 Å². The maximum atomic E-state index is 14.0. The maximum Gasteiger partial charge on any atom is 0.487 e. The molecule has 0 radical (unpaired) electrons. The summed E-state index contributed by atoms with van der Waals surface area (Å²) < 4.78 is 46.4. The zero-order chi connectivity index (χ0) is 28.9. The largest absolute Gasteiger partial charge is 0.487 e. The number of rotatable bonds is 10. The van der Waals surface area contributed by atoms with Gasteiger partial charge in [0.1, 0.15) is 6.04 Å². The van der Waals surface area contributed by atoms with E-state index in [0.717, 1.165) is 36.8 Å². The average molecular weight is 560 g/mol. The molecule has 0 aliphatic carbocycles. The fraction of sp³-hybridized carbons (Fsp3) is 0.429. The zero-order valence-electron chi connectivity index (χ0n) is 22.4. The van der Waals surface area contributed by atoms with Crippen molar-refractivity contribution in [3.05, 3.63) is 66.2 Å². The number of H-pyrrole nitrogens is 1. The summed E-state index contributed by atoms with van der Waals surface area (Å²) in [5.41, 5.74) is 1.42. The highest BCUT2D eigenvalue weighted by atomic mass is 19.4. The Balaban J connectivity index is 1.60. The summed E-state index contributed by atoms with van der Waals surface area (Å²) in [6, 6.07) is 11.1. The number of nitrogens with one attached hydrogen (secondary N) is 1. The summed E-state index contributed by atoms with van der Waals surface area (Å²) in [6.07, 6.45) is -0.476. The number of nitrogens with zero attached hydrogens (tertiary/aromatic N) is 4. The van der Waals surface area contributed by atoms with Gasteiger partial charge < -0.3 is 14.6 Å². The molecule has 3 aromatic rings. The molecule has 1 aliphatic rings. The van der Waals surface area contributed by atoms with Crippen LogP contribution in [-0.4, -0.2) is 87.6 Å². The van der Waals surface area contributed by atoms with Crippen LogP contribution in [0.25, 0.3) is 10.8 Å². The van der Waals surface area contributed by atoms with Gasteiger partial charge in [-0.05, 0) is 36.1 Å². The second-order valence-electron chi connectivity index (χ2n) is 9.86. The third kappa shape index (κ3) is 6.79. The van der Waals surface area contributed by atoms with Crippen molar-refractivity contribution < 1.29 is 32.3 Å². The molecule has 4 rings (SSSR count). The summed E-state index contributed by atoms with van der Waals surface area (Å²) in [6.45, 7) is 1.24. The highest BCUT2D eigenvalue weighted by Crippen LogP contribution is 2.27. The van der Waals surface area contributed by atoms with E-state index in [0.29, 0.717) is 18.7 Å². The molecular weight excluding hydrogens is 527 g/mol. The van der Waals surface area contributed by atoms with Crippen LogP contribution in [0.1, 0.15) is 31.0 Å². The van der Waals surface area contributed by atoms with Gasteiger partial charge in [-0.2, -0.15) is 0 Å². The summed E-state index contributed by atoms with van der Waals surface area (Å²) in [5, 5.41) is 1.87. The molecule has 0 saturated carbocycles. The number of benzene rings is 2. The number of alkyl halides is 3. The molecule has 0 bridgehead atoms. The second kappa shape index (κ2) is 12.5. The molecule has 0 spiro atoms. The SMILES string of the molecule is COC(=O)[C@H](C)N(C(=O)CN(Cc1cccc2ccccc12)CC1CCCN1C(=O)Cc1c[nH]cn1)C(F)(F)F. The minimum Gasteiger partial charge on any atom is -0.467 e. The lowest BCUT2D eigenvalue weighted by Crippen LogP contribution is -2.55. The van der Waals surface area contributed by atoms with Gasteiger partial charge in [-0.25, -0.2) is 14.7 Å². The van der Waals surface area contributed by atoms with Crippen LogP contribution in [0, 0.1) is 0 Å². The lowest BCUT2D eigenvalue weighted by Gasteiger charge is -2.34. The Bertz CT molecular complexity index is 1330. The van der Waals surface area contributed by atoms with E-state index in [4.69, 9.17) is 0 Å². The predicted octanol–water partition coefficient (Wildman–Crippen LogP) is 3.51. The molecule has 12 heteroatoms. The molecular formula is C28H32F3N5O4. The minimum atomic E-state index is -5.09. The average Bonchev–Trinajstić information content (AvgIpc) is 3.59. The van der Waals surface area contributed by atoms with E-state index in [-0.39, 0.29) is 36.4 Å². The number of imidazole rings is 1. The number of aromatic amines is 1. The van der Waals surface area contributed by atoms with Gasteiger partial charge in [0.15, 0.2) is 0 Å². The number of carbonyl (C=O) groups is 3. The first-order valence-corrected chi connectivity index (χ1v) is 13.0. The molecule has 2 amide bonds. The third-order valence-electron chi connectivity index (χ3n) is 7.16. The number of halogens is 3. The van der Waals surface area contributed by atoms with Crippen LogP contribution in [-0.2, 0) is 32.1 Å². The topological polar surface area (TPSA) is 98.8 Å². The molecule has 1 N–H and O–H groups in total. The monoisotopic (exact) mass is 559 g/mol. The van der Waals surface area contributed by atoms with E-state index in [1.54, 1.807) is 16.0 Å². The maximum absolute atomic E-state index is 14.0. The number of hydrogen-bond acceptors (Lipinski definition) is 6. The van der Waals surface area contributed by atoms with Crippen molar-refractivity contribution >= 4 is 28.6 Å². The quantitative estimate of drug-likeness (QED) is 0.302. The van der Waals surface area contributed by atoms with Gasteiger partial charge in [-0.1, -0.05) is 42.5 Å². The van der Waals surface area contributed by atoms with Crippen molar-refractivity contribution in [3.8, 4) is 0 Å². The van der Waals surface area contributed by atoms with Gasteiger partial charge >= 0.3 is 12.3 Å². The van der Waals surface area contributed by atoms with Crippen molar-refractivity contribution in [3.63, 3.8) is 0 Å². The number of carbonyl (C=O) groups excluding carboxylic acids is 3. The van der Waals surface area contributed by atoms with Crippen LogP contribution < -0.4 is 0 Å². The van der Waals surface area contributed by atoms with Crippen LogP contribution in [0.3, 0.4) is 0 Å². The first-order valence-electron chi connectivity index (χ1n) is 13.0. The van der Waals surface area contributed by atoms with Crippen LogP contribution in [0.2, 0.25) is 0 Å². The van der Waals surface area contributed by atoms with E-state index in [1.807, 2.05) is 42.5 Å². The van der Waals surface area contributed by atoms with Gasteiger partial charge in [0, 0.05) is 31.9 Å². The van der Waals surface area contributed by atoms with E-state index in [1.165, 1.54) is 6.33 Å². The molecule has 1 unspecified atom stereocenters. The number of methoxy groups -OCH3 is 1. The summed E-state index contributed by atoms with van der Waals surface area (Å²) in [7, 11) is 0.972. The van der Waals surface area contributed by atoms with E-state index < -0.39 is 30.8 Å². The van der Waals surface area contributed by atoms with Gasteiger partial charge in [-0.15, -0.1) is 13.2 Å². The Labute approximate surface area is 229 Å². The summed E-state index contributed by atoms with van der Waals surface area (Å²) in [4.78, 5) is 48.1. The van der Waals surface area contributed by atoms with Crippen molar-refractivity contribution in [2.75, 3.05) is 26.7 Å². The molecule has 1 aliphatic heterocycles. The fourth-order valence-electron chi connectivity index (χ4n) is 5.27. The number of ether oxygens (including phenoxy) is 1. The first kappa shape index (κ1) is 29.1. The smallest absolute Gasteiger partial charge is 0.467 e. The fourth-order valence-corrected chi connectivity index (χ4v) is 5.27. The number of aromatic nitrogens is 2. The van der Waals surface area contributed by atoms with E-state index >= 15 is 0 Å². The minimum absolute atomic E-state index is 0.0980. The molecule has 9 nitrogen and oxygen atoms in total. The van der Waals surface area contributed by atoms with Gasteiger partial charge in [0.25, 0.3) is 0 Å². The molecule has 2 aromatic carbocycles. The van der Waals surface area contributed by atoms with E-state index in [9.17, 15) is 27.6 Å². The summed E-state index contributed by atoms with van der Waals surface area (Å²) in [5.74, 6) is -2.59. The van der Waals surface area contributed by atoms with Crippen molar-refractivity contribution in [1.29, 1.82) is 0 Å². The van der Waals surface area contributed by atoms with Crippen molar-refractivity contribution in [2.24, 2.45) is 0 Å². The number of likely N-dealkylation sites (tertiary alicyclic amines) is 1. The molecule has 1 fully saturated rings. The lowest BCUT2D eigenvalue weighted by atomic mass is 10.0. The second-order valence-corrected chi connectivity index (χ2v) is 9.86. The number of hydrogen-bond donors (Lipinski definition) is 1. The molecule has 40 heavy (non-hydrogen) atoms. The standard InChI is InChI=1S/C28H32F3N5O4/c1-19(27(39)40-2)36(28(29,30)31)26(38)17-34(15-21-9-5-8-20-7-3-4-11-24(20)21)16-23-10-6-12-35(23)25(37)13-22-14-32-18-33-22/h3-5,7-9,11,14,18-19,23H,6,10,12-13,15-17H2,1-2H3,(H,32,33)/t19-,23?/m0/s1. The number of fused-ring (bicyclic) bond motifs is 1. The molecule has 1 saturated heterocycles. The normalized spacial score (nSPS) is 16.4. The first-order chi connectivity index (χ1) is 19.1. The Morgan fingerprint density at radius 2 is 1.93 bits per heavy atom. The molecule has 1 aromatic heterocycles. The van der Waals surface area contributed by atoms with Gasteiger partial charge in [-0.3, -0.25) is 14.5 Å². The third-order valence-corrected chi connectivity index (χ3v) is 7.16. The van der Waals surface area contributed by atoms with Crippen molar-refractivity contribution in [2.45, 2.75) is 51.1 Å². The van der Waals surface area contributed by atoms with Gasteiger partial charge in [0.2, 0.25) is 11.8 Å². The summed E-state index contributed by atoms with van der Waals surface area (Å²) >= 11 is 0. The Hall–Kier alpha value is -3.93. The molecule has 2 atom stereocenters. The Morgan fingerprint density at radius 1 is 1.18 bits per heavy atom. The van der Waals surface area contributed by atoms with E-state index in [2.05, 4.69) is 14.7 Å². The lowest BCUT2D eigenvalue weighted by molar-refractivity contribution is -0.251. The Morgan fingerprint density at radius 3 is 2.62 bits per heavy atom. The van der Waals surface area contributed by atoms with Crippen molar-refractivity contribution in [1.82, 2.24) is 24.7 Å². The van der Waals surface area contributed by atoms with Gasteiger partial charge in [0.05, 0.1) is 32.1 Å². The number of esters is 1. The highest BCUT2D eigenvalue weighted by molar-refractivity contribution is 5.87. The van der Waals surface area contributed by atoms with Crippen LogP contribution >= 0.6 is 0 Å². The predicted molar refractivity (Wildman–Crippen MR) is 141 cm³/mol. The molecule has 214 valence electrons. The number of amides is 2. The van der Waals surface area contributed by atoms with Crippen LogP contribution in [0.4, 0.5) is 13.2 Å². The highest BCUT2D eigenvalue weighted by Gasteiger charge is 2.47. The van der Waals surface area contributed by atoms with Crippen LogP contribution in [0.5, 0.6) is 0 Å².